The molecule has 0 spiro atoms. The Balaban J connectivity index is 1.67. The summed E-state index contributed by atoms with van der Waals surface area (Å²) in [5.41, 5.74) is 2.32. The summed E-state index contributed by atoms with van der Waals surface area (Å²) in [6, 6.07) is 3.90. The first-order valence-electron chi connectivity index (χ1n) is 12.0. The molecule has 0 saturated carbocycles. The number of thiazole rings is 1. The molecule has 0 radical (unpaired) electrons. The highest BCUT2D eigenvalue weighted by Gasteiger charge is 2.20. The van der Waals surface area contributed by atoms with Gasteiger partial charge in [-0.25, -0.2) is 14.8 Å². The molecule has 3 aromatic heterocycles. The Morgan fingerprint density at radius 1 is 1.23 bits per heavy atom. The molecule has 0 amide bonds. The maximum atomic E-state index is 13.5. The number of ether oxygens (including phenoxy) is 2. The molecule has 0 atom stereocenters. The second-order valence-corrected chi connectivity index (χ2v) is 10.4. The molecular formula is C26H32N4O4S. The van der Waals surface area contributed by atoms with Crippen molar-refractivity contribution in [2.24, 2.45) is 0 Å². The quantitative estimate of drug-likeness (QED) is 0.364. The summed E-state index contributed by atoms with van der Waals surface area (Å²) >= 11 is 1.69. The van der Waals surface area contributed by atoms with Crippen LogP contribution in [-0.4, -0.2) is 52.2 Å². The van der Waals surface area contributed by atoms with Gasteiger partial charge in [0.15, 0.2) is 0 Å². The van der Waals surface area contributed by atoms with Crippen LogP contribution in [0.1, 0.15) is 49.5 Å². The highest BCUT2D eigenvalue weighted by molar-refractivity contribution is 7.09. The first-order chi connectivity index (χ1) is 16.7. The van der Waals surface area contributed by atoms with Gasteiger partial charge in [-0.05, 0) is 57.4 Å². The summed E-state index contributed by atoms with van der Waals surface area (Å²) in [4.78, 5) is 37.3. The molecule has 0 unspecified atom stereocenters. The lowest BCUT2D eigenvalue weighted by Crippen LogP contribution is -2.38. The summed E-state index contributed by atoms with van der Waals surface area (Å²) < 4.78 is 12.4. The average molecular weight is 497 g/mol. The summed E-state index contributed by atoms with van der Waals surface area (Å²) in [5.74, 6) is 0.0569. The van der Waals surface area contributed by atoms with Crippen molar-refractivity contribution in [1.82, 2.24) is 14.4 Å². The van der Waals surface area contributed by atoms with Crippen LogP contribution in [0.15, 0.2) is 34.6 Å². The lowest BCUT2D eigenvalue weighted by molar-refractivity contribution is -0.148. The van der Waals surface area contributed by atoms with Gasteiger partial charge in [0.2, 0.25) is 0 Å². The van der Waals surface area contributed by atoms with Crippen LogP contribution in [0.4, 0.5) is 5.82 Å². The Kier molecular flexibility index (Phi) is 7.66. The van der Waals surface area contributed by atoms with Crippen molar-refractivity contribution < 1.29 is 14.3 Å². The fraction of sp³-hybridized carbons (Fsp3) is 0.462. The van der Waals surface area contributed by atoms with Crippen LogP contribution in [0.25, 0.3) is 11.7 Å². The standard InChI is InChI=1S/C26H32N4O4S/c1-5-19-17-35-22(27-19)8-6-18-10-11-30-21(16-18)28-24(29-12-14-33-15-13-29)20(25(30)32)7-9-23(31)34-26(2,3)4/h7,9-11,16-17H,5-6,8,12-15H2,1-4H3. The van der Waals surface area contributed by atoms with Gasteiger partial charge in [-0.1, -0.05) is 6.92 Å². The van der Waals surface area contributed by atoms with Crippen LogP contribution in [0.5, 0.6) is 0 Å². The topological polar surface area (TPSA) is 86.0 Å². The number of morpholine rings is 1. The molecule has 1 aliphatic rings. The van der Waals surface area contributed by atoms with Crippen LogP contribution in [0.3, 0.4) is 0 Å². The Labute approximate surface area is 209 Å². The van der Waals surface area contributed by atoms with E-state index >= 15 is 0 Å². The Hall–Kier alpha value is -3.04. The zero-order valence-corrected chi connectivity index (χ0v) is 21.6. The highest BCUT2D eigenvalue weighted by Crippen LogP contribution is 2.21. The third-order valence-corrected chi connectivity index (χ3v) is 6.56. The average Bonchev–Trinajstić information content (AvgIpc) is 3.29. The minimum absolute atomic E-state index is 0.227. The minimum Gasteiger partial charge on any atom is -0.457 e. The van der Waals surface area contributed by atoms with E-state index in [0.29, 0.717) is 43.3 Å². The summed E-state index contributed by atoms with van der Waals surface area (Å²) in [7, 11) is 0. The lowest BCUT2D eigenvalue weighted by Gasteiger charge is -2.29. The second-order valence-electron chi connectivity index (χ2n) is 9.47. The number of nitrogens with zero attached hydrogens (tertiary/aromatic N) is 4. The van der Waals surface area contributed by atoms with Crippen LogP contribution < -0.4 is 10.5 Å². The highest BCUT2D eigenvalue weighted by atomic mass is 32.1. The van der Waals surface area contributed by atoms with Crippen molar-refractivity contribution >= 4 is 34.8 Å². The number of anilines is 1. The number of hydrogen-bond acceptors (Lipinski definition) is 8. The molecule has 8 nitrogen and oxygen atoms in total. The van der Waals surface area contributed by atoms with Crippen LogP contribution >= 0.6 is 11.3 Å². The van der Waals surface area contributed by atoms with Crippen molar-refractivity contribution in [3.63, 3.8) is 0 Å². The molecule has 0 N–H and O–H groups in total. The van der Waals surface area contributed by atoms with Gasteiger partial charge in [0.1, 0.15) is 17.1 Å². The summed E-state index contributed by atoms with van der Waals surface area (Å²) in [5, 5.41) is 3.22. The molecule has 0 bridgehead atoms. The molecule has 9 heteroatoms. The number of esters is 1. The van der Waals surface area contributed by atoms with Gasteiger partial charge in [-0.2, -0.15) is 0 Å². The Bertz CT molecular complexity index is 1280. The number of hydrogen-bond donors (Lipinski definition) is 0. The van der Waals surface area contributed by atoms with Gasteiger partial charge in [-0.15, -0.1) is 11.3 Å². The molecular weight excluding hydrogens is 464 g/mol. The number of pyridine rings is 1. The van der Waals surface area contributed by atoms with E-state index in [-0.39, 0.29) is 5.56 Å². The van der Waals surface area contributed by atoms with Crippen molar-refractivity contribution in [3.8, 4) is 0 Å². The maximum Gasteiger partial charge on any atom is 0.331 e. The number of aromatic nitrogens is 3. The van der Waals surface area contributed by atoms with E-state index in [1.165, 1.54) is 16.6 Å². The first-order valence-corrected chi connectivity index (χ1v) is 12.8. The third-order valence-electron chi connectivity index (χ3n) is 5.60. The number of aryl methyl sites for hydroxylation is 3. The molecule has 35 heavy (non-hydrogen) atoms. The fourth-order valence-electron chi connectivity index (χ4n) is 3.86. The van der Waals surface area contributed by atoms with Crippen molar-refractivity contribution in [2.75, 3.05) is 31.2 Å². The van der Waals surface area contributed by atoms with Gasteiger partial charge in [0, 0.05) is 37.2 Å². The maximum absolute atomic E-state index is 13.5. The fourth-order valence-corrected chi connectivity index (χ4v) is 4.75. The number of carbonyl (C=O) groups is 1. The first kappa shape index (κ1) is 25.1. The Morgan fingerprint density at radius 2 is 2.00 bits per heavy atom. The normalized spacial score (nSPS) is 14.7. The van der Waals surface area contributed by atoms with Gasteiger partial charge < -0.3 is 14.4 Å². The number of fused-ring (bicyclic) bond motifs is 1. The van der Waals surface area contributed by atoms with E-state index in [9.17, 15) is 9.59 Å². The smallest absolute Gasteiger partial charge is 0.331 e. The zero-order valence-electron chi connectivity index (χ0n) is 20.7. The number of carbonyl (C=O) groups excluding carboxylic acids is 1. The monoisotopic (exact) mass is 496 g/mol. The molecule has 1 fully saturated rings. The third kappa shape index (κ3) is 6.35. The summed E-state index contributed by atoms with van der Waals surface area (Å²) in [6.07, 6.45) is 7.17. The molecule has 0 aliphatic carbocycles. The summed E-state index contributed by atoms with van der Waals surface area (Å²) in [6.45, 7) is 9.89. The predicted octanol–water partition coefficient (Wildman–Crippen LogP) is 3.69. The van der Waals surface area contributed by atoms with Crippen LogP contribution in [-0.2, 0) is 33.5 Å². The largest absolute Gasteiger partial charge is 0.457 e. The second kappa shape index (κ2) is 10.7. The van der Waals surface area contributed by atoms with Gasteiger partial charge in [0.25, 0.3) is 5.56 Å². The van der Waals surface area contributed by atoms with Gasteiger partial charge >= 0.3 is 5.97 Å². The van der Waals surface area contributed by atoms with E-state index in [1.54, 1.807) is 38.3 Å². The van der Waals surface area contributed by atoms with Gasteiger partial charge in [-0.3, -0.25) is 9.20 Å². The van der Waals surface area contributed by atoms with Crippen molar-refractivity contribution in [3.05, 3.63) is 62.0 Å². The molecule has 4 rings (SSSR count). The molecule has 4 heterocycles. The van der Waals surface area contributed by atoms with E-state index in [4.69, 9.17) is 14.5 Å². The van der Waals surface area contributed by atoms with E-state index in [2.05, 4.69) is 17.3 Å². The van der Waals surface area contributed by atoms with E-state index in [1.807, 2.05) is 17.0 Å². The SMILES string of the molecule is CCc1csc(CCc2ccn3c(=O)c(C=CC(=O)OC(C)(C)C)c(N4CCOCC4)nc3c2)n1. The number of rotatable bonds is 7. The van der Waals surface area contributed by atoms with E-state index in [0.717, 1.165) is 35.5 Å². The Morgan fingerprint density at radius 3 is 2.69 bits per heavy atom. The van der Waals surface area contributed by atoms with Crippen molar-refractivity contribution in [2.45, 2.75) is 52.6 Å². The predicted molar refractivity (Wildman–Crippen MR) is 138 cm³/mol. The zero-order chi connectivity index (χ0) is 25.0. The van der Waals surface area contributed by atoms with Crippen molar-refractivity contribution in [1.29, 1.82) is 0 Å². The lowest BCUT2D eigenvalue weighted by atomic mass is 10.1. The van der Waals surface area contributed by atoms with Crippen LogP contribution in [0.2, 0.25) is 0 Å². The van der Waals surface area contributed by atoms with E-state index < -0.39 is 11.6 Å². The molecule has 1 aliphatic heterocycles. The molecule has 3 aromatic rings. The molecule has 1 saturated heterocycles. The van der Waals surface area contributed by atoms with Crippen LogP contribution in [0, 0.1) is 0 Å². The molecule has 0 aromatic carbocycles. The van der Waals surface area contributed by atoms with Gasteiger partial charge in [0.05, 0.1) is 29.5 Å². The minimum atomic E-state index is -0.613. The molecule has 186 valence electrons.